The summed E-state index contributed by atoms with van der Waals surface area (Å²) in [4.78, 5) is 33.0. The molecule has 1 aliphatic carbocycles. The maximum Gasteiger partial charge on any atom is 0.269 e. The van der Waals surface area contributed by atoms with E-state index in [4.69, 9.17) is 4.99 Å². The molecular weight excluding hydrogens is 378 g/mol. The van der Waals surface area contributed by atoms with Crippen LogP contribution in [0.4, 0.5) is 11.4 Å². The molecule has 0 radical (unpaired) electrons. The van der Waals surface area contributed by atoms with Crippen molar-refractivity contribution >= 4 is 33.8 Å². The molecule has 0 fully saturated rings. The first kappa shape index (κ1) is 17.9. The second kappa shape index (κ2) is 7.00. The maximum absolute atomic E-state index is 13.2. The van der Waals surface area contributed by atoms with E-state index in [1.807, 2.05) is 48.5 Å². The Hall–Kier alpha value is -4.19. The molecule has 5 rings (SSSR count). The number of Topliss-reactive ketones (excluding diaryl/α,β-unsaturated/α-hetero) is 1. The van der Waals surface area contributed by atoms with Crippen molar-refractivity contribution in [3.8, 4) is 0 Å². The minimum absolute atomic E-state index is 0.0131. The van der Waals surface area contributed by atoms with Crippen molar-refractivity contribution in [3.63, 3.8) is 0 Å². The number of fused-ring (bicyclic) bond motifs is 2. The van der Waals surface area contributed by atoms with Gasteiger partial charge in [-0.05, 0) is 23.8 Å². The minimum atomic E-state index is -0.609. The maximum atomic E-state index is 13.2. The molecule has 0 saturated carbocycles. The Labute approximate surface area is 171 Å². The number of benzene rings is 3. The number of carbonyl (C=O) groups is 1. The smallest absolute Gasteiger partial charge is 0.269 e. The fourth-order valence-electron chi connectivity index (χ4n) is 3.84. The number of hydrogen-bond acceptors (Lipinski definition) is 5. The van der Waals surface area contributed by atoms with Crippen LogP contribution in [0.5, 0.6) is 0 Å². The molecule has 0 spiro atoms. The van der Waals surface area contributed by atoms with E-state index in [0.29, 0.717) is 22.5 Å². The van der Waals surface area contributed by atoms with Gasteiger partial charge in [-0.25, -0.2) is 0 Å². The first-order chi connectivity index (χ1) is 14.6. The minimum Gasteiger partial charge on any atom is -0.293 e. The largest absolute Gasteiger partial charge is 0.293 e. The molecule has 0 saturated heterocycles. The average Bonchev–Trinajstić information content (AvgIpc) is 3.05. The number of hydrogen-bond donors (Lipinski definition) is 0. The van der Waals surface area contributed by atoms with E-state index < -0.39 is 10.8 Å². The highest BCUT2D eigenvalue weighted by Gasteiger charge is 2.37. The summed E-state index contributed by atoms with van der Waals surface area (Å²) in [6, 6.07) is 23.1. The zero-order valence-corrected chi connectivity index (χ0v) is 15.7. The third-order valence-corrected chi connectivity index (χ3v) is 5.28. The van der Waals surface area contributed by atoms with E-state index in [0.717, 1.165) is 16.5 Å². The van der Waals surface area contributed by atoms with Gasteiger partial charge in [-0.3, -0.25) is 24.9 Å². The fourth-order valence-corrected chi connectivity index (χ4v) is 3.84. The van der Waals surface area contributed by atoms with Crippen LogP contribution in [0.15, 0.2) is 90.1 Å². The SMILES string of the molecule is O=C1c2ccccc2C(=Nc2ccc3cccnc3c2)[C@@H]1c1ccc([N+](=O)[O-])cc1. The predicted octanol–water partition coefficient (Wildman–Crippen LogP) is 5.24. The zero-order valence-electron chi connectivity index (χ0n) is 15.7. The molecule has 1 aromatic heterocycles. The average molecular weight is 393 g/mol. The lowest BCUT2D eigenvalue weighted by Crippen LogP contribution is -2.13. The lowest BCUT2D eigenvalue weighted by molar-refractivity contribution is -0.384. The molecule has 3 aromatic carbocycles. The van der Waals surface area contributed by atoms with Gasteiger partial charge < -0.3 is 0 Å². The third kappa shape index (κ3) is 2.95. The van der Waals surface area contributed by atoms with E-state index in [9.17, 15) is 14.9 Å². The number of aliphatic imine (C=N–C) groups is 1. The van der Waals surface area contributed by atoms with Crippen LogP contribution in [0, 0.1) is 10.1 Å². The lowest BCUT2D eigenvalue weighted by Gasteiger charge is -2.11. The van der Waals surface area contributed by atoms with E-state index in [1.165, 1.54) is 12.1 Å². The summed E-state index contributed by atoms with van der Waals surface area (Å²) in [5.74, 6) is -0.667. The fraction of sp³-hybridized carbons (Fsp3) is 0.0417. The van der Waals surface area contributed by atoms with Crippen molar-refractivity contribution < 1.29 is 9.72 Å². The number of rotatable bonds is 3. The molecule has 0 amide bonds. The van der Waals surface area contributed by atoms with Crippen molar-refractivity contribution in [3.05, 3.63) is 112 Å². The monoisotopic (exact) mass is 393 g/mol. The Balaban J connectivity index is 1.66. The molecular formula is C24H15N3O3. The highest BCUT2D eigenvalue weighted by Crippen LogP contribution is 2.37. The summed E-state index contributed by atoms with van der Waals surface area (Å²) in [6.45, 7) is 0. The van der Waals surface area contributed by atoms with Crippen molar-refractivity contribution in [2.75, 3.05) is 0 Å². The lowest BCUT2D eigenvalue weighted by atomic mass is 9.93. The third-order valence-electron chi connectivity index (χ3n) is 5.28. The zero-order chi connectivity index (χ0) is 20.7. The van der Waals surface area contributed by atoms with Gasteiger partial charge in [0.15, 0.2) is 5.78 Å². The summed E-state index contributed by atoms with van der Waals surface area (Å²) in [5.41, 5.74) is 4.22. The van der Waals surface area contributed by atoms with Gasteiger partial charge in [0, 0.05) is 34.8 Å². The summed E-state index contributed by atoms with van der Waals surface area (Å²) in [7, 11) is 0. The van der Waals surface area contributed by atoms with Gasteiger partial charge in [-0.1, -0.05) is 48.5 Å². The van der Waals surface area contributed by atoms with Crippen molar-refractivity contribution in [1.82, 2.24) is 4.98 Å². The standard InChI is InChI=1S/C24H15N3O3/c28-24-20-6-2-1-5-19(20)23(22(24)16-8-11-18(12-9-16)27(29)30)26-17-10-7-15-4-3-13-25-21(15)14-17/h1-14,22H/t22-/m0/s1. The summed E-state index contributed by atoms with van der Waals surface area (Å²) in [5, 5.41) is 12.0. The number of nitro benzene ring substituents is 1. The number of pyridine rings is 1. The first-order valence-electron chi connectivity index (χ1n) is 9.43. The van der Waals surface area contributed by atoms with Gasteiger partial charge >= 0.3 is 0 Å². The van der Waals surface area contributed by atoms with Gasteiger partial charge in [0.1, 0.15) is 0 Å². The van der Waals surface area contributed by atoms with Gasteiger partial charge in [0.05, 0.1) is 27.8 Å². The van der Waals surface area contributed by atoms with Crippen molar-refractivity contribution in [2.24, 2.45) is 4.99 Å². The van der Waals surface area contributed by atoms with Gasteiger partial charge in [0.2, 0.25) is 0 Å². The molecule has 0 unspecified atom stereocenters. The van der Waals surface area contributed by atoms with Crippen LogP contribution in [-0.2, 0) is 0 Å². The summed E-state index contributed by atoms with van der Waals surface area (Å²) in [6.07, 6.45) is 1.73. The van der Waals surface area contributed by atoms with Crippen LogP contribution in [0.2, 0.25) is 0 Å². The molecule has 1 heterocycles. The summed E-state index contributed by atoms with van der Waals surface area (Å²) < 4.78 is 0. The van der Waals surface area contributed by atoms with Crippen molar-refractivity contribution in [2.45, 2.75) is 5.92 Å². The molecule has 1 atom stereocenters. The molecule has 0 bridgehead atoms. The molecule has 0 N–H and O–H groups in total. The second-order valence-corrected chi connectivity index (χ2v) is 7.07. The molecule has 30 heavy (non-hydrogen) atoms. The Morgan fingerprint density at radius 3 is 2.43 bits per heavy atom. The first-order valence-corrected chi connectivity index (χ1v) is 9.43. The molecule has 144 valence electrons. The molecule has 6 nitrogen and oxygen atoms in total. The van der Waals surface area contributed by atoms with Crippen LogP contribution in [0.3, 0.4) is 0 Å². The molecule has 6 heteroatoms. The highest BCUT2D eigenvalue weighted by molar-refractivity contribution is 6.32. The number of nitrogens with zero attached hydrogens (tertiary/aromatic N) is 3. The molecule has 0 aliphatic heterocycles. The number of non-ortho nitro benzene ring substituents is 1. The van der Waals surface area contributed by atoms with E-state index >= 15 is 0 Å². The van der Waals surface area contributed by atoms with Crippen LogP contribution in [0.1, 0.15) is 27.4 Å². The summed E-state index contributed by atoms with van der Waals surface area (Å²) >= 11 is 0. The van der Waals surface area contributed by atoms with Crippen LogP contribution in [-0.4, -0.2) is 21.4 Å². The highest BCUT2D eigenvalue weighted by atomic mass is 16.6. The van der Waals surface area contributed by atoms with Crippen LogP contribution >= 0.6 is 0 Å². The number of aromatic nitrogens is 1. The van der Waals surface area contributed by atoms with Gasteiger partial charge in [0.25, 0.3) is 5.69 Å². The van der Waals surface area contributed by atoms with E-state index in [2.05, 4.69) is 4.98 Å². The predicted molar refractivity (Wildman–Crippen MR) is 115 cm³/mol. The quantitative estimate of drug-likeness (QED) is 0.352. The Morgan fingerprint density at radius 1 is 0.900 bits per heavy atom. The Bertz CT molecular complexity index is 1340. The molecule has 1 aliphatic rings. The van der Waals surface area contributed by atoms with Gasteiger partial charge in [-0.15, -0.1) is 0 Å². The number of carbonyl (C=O) groups excluding carboxylic acids is 1. The molecule has 4 aromatic rings. The number of ketones is 1. The Morgan fingerprint density at radius 2 is 1.67 bits per heavy atom. The van der Waals surface area contributed by atoms with Crippen molar-refractivity contribution in [1.29, 1.82) is 0 Å². The normalized spacial score (nSPS) is 16.7. The van der Waals surface area contributed by atoms with E-state index in [-0.39, 0.29) is 11.5 Å². The van der Waals surface area contributed by atoms with Crippen LogP contribution < -0.4 is 0 Å². The Kier molecular flexibility index (Phi) is 4.17. The topological polar surface area (TPSA) is 85.5 Å². The van der Waals surface area contributed by atoms with Gasteiger partial charge in [-0.2, -0.15) is 0 Å². The number of nitro groups is 1. The van der Waals surface area contributed by atoms with Crippen LogP contribution in [0.25, 0.3) is 10.9 Å². The van der Waals surface area contributed by atoms with E-state index in [1.54, 1.807) is 24.4 Å². The second-order valence-electron chi connectivity index (χ2n) is 7.07.